The van der Waals surface area contributed by atoms with Crippen LogP contribution in [-0.2, 0) is 0 Å². The van der Waals surface area contributed by atoms with E-state index in [-0.39, 0.29) is 17.9 Å². The lowest BCUT2D eigenvalue weighted by molar-refractivity contribution is 0.0709. The minimum Gasteiger partial charge on any atom is -0.360 e. The van der Waals surface area contributed by atoms with E-state index < -0.39 is 0 Å². The molecule has 0 saturated heterocycles. The summed E-state index contributed by atoms with van der Waals surface area (Å²) < 4.78 is 5.25. The molecule has 5 heteroatoms. The van der Waals surface area contributed by atoms with Crippen molar-refractivity contribution in [3.63, 3.8) is 0 Å². The molecule has 0 bridgehead atoms. The molecule has 124 valence electrons. The van der Waals surface area contributed by atoms with E-state index in [1.807, 2.05) is 39.2 Å². The molecular formula is C18H25N3O2. The Hall–Kier alpha value is -2.17. The van der Waals surface area contributed by atoms with Gasteiger partial charge in [-0.3, -0.25) is 9.78 Å². The molecule has 0 aromatic carbocycles. The maximum absolute atomic E-state index is 12.7. The molecule has 1 atom stereocenters. The number of aromatic nitrogens is 2. The summed E-state index contributed by atoms with van der Waals surface area (Å²) in [6.45, 7) is 6.17. The summed E-state index contributed by atoms with van der Waals surface area (Å²) in [6, 6.07) is 5.65. The highest BCUT2D eigenvalue weighted by Gasteiger charge is 2.25. The minimum absolute atomic E-state index is 0.00431. The van der Waals surface area contributed by atoms with Crippen LogP contribution in [0.2, 0.25) is 0 Å². The van der Waals surface area contributed by atoms with Crippen molar-refractivity contribution < 1.29 is 9.32 Å². The highest BCUT2D eigenvalue weighted by atomic mass is 16.5. The number of nitrogens with zero attached hydrogens (tertiary/aromatic N) is 3. The summed E-state index contributed by atoms with van der Waals surface area (Å²) in [5, 5.41) is 3.93. The van der Waals surface area contributed by atoms with Gasteiger partial charge in [0.1, 0.15) is 5.76 Å². The first kappa shape index (κ1) is 17.2. The lowest BCUT2D eigenvalue weighted by Gasteiger charge is -2.27. The van der Waals surface area contributed by atoms with Crippen LogP contribution in [0.1, 0.15) is 73.8 Å². The third kappa shape index (κ3) is 4.18. The predicted octanol–water partition coefficient (Wildman–Crippen LogP) is 4.20. The Kier molecular flexibility index (Phi) is 5.90. The SMILES string of the molecule is CCCCC(c1cccnc1)N(C)C(=O)c1cc(C(C)C)on1. The van der Waals surface area contributed by atoms with Gasteiger partial charge in [-0.1, -0.05) is 44.8 Å². The highest BCUT2D eigenvalue weighted by Crippen LogP contribution is 2.26. The molecule has 2 aromatic rings. The van der Waals surface area contributed by atoms with Gasteiger partial charge in [0, 0.05) is 31.4 Å². The van der Waals surface area contributed by atoms with Gasteiger partial charge in [-0.25, -0.2) is 0 Å². The average Bonchev–Trinajstić information content (AvgIpc) is 3.05. The first-order valence-electron chi connectivity index (χ1n) is 8.18. The fraction of sp³-hybridized carbons (Fsp3) is 0.500. The van der Waals surface area contributed by atoms with Crippen LogP contribution < -0.4 is 0 Å². The van der Waals surface area contributed by atoms with Gasteiger partial charge in [0.15, 0.2) is 5.69 Å². The van der Waals surface area contributed by atoms with Crippen LogP contribution >= 0.6 is 0 Å². The maximum atomic E-state index is 12.7. The van der Waals surface area contributed by atoms with Crippen LogP contribution in [0.25, 0.3) is 0 Å². The van der Waals surface area contributed by atoms with Crippen molar-refractivity contribution in [2.45, 2.75) is 52.0 Å². The van der Waals surface area contributed by atoms with E-state index in [4.69, 9.17) is 4.52 Å². The second kappa shape index (κ2) is 7.90. The van der Waals surface area contributed by atoms with Gasteiger partial charge >= 0.3 is 0 Å². The molecule has 5 nitrogen and oxygen atoms in total. The molecule has 0 spiro atoms. The monoisotopic (exact) mass is 315 g/mol. The topological polar surface area (TPSA) is 59.2 Å². The van der Waals surface area contributed by atoms with Crippen molar-refractivity contribution in [3.05, 3.63) is 47.6 Å². The quantitative estimate of drug-likeness (QED) is 0.768. The van der Waals surface area contributed by atoms with Crippen molar-refractivity contribution in [1.29, 1.82) is 0 Å². The molecule has 0 aliphatic rings. The molecule has 0 radical (unpaired) electrons. The molecule has 1 amide bonds. The molecule has 0 aliphatic carbocycles. The van der Waals surface area contributed by atoms with Crippen molar-refractivity contribution in [2.24, 2.45) is 0 Å². The Morgan fingerprint density at radius 2 is 2.17 bits per heavy atom. The number of pyridine rings is 1. The molecule has 23 heavy (non-hydrogen) atoms. The molecule has 2 rings (SSSR count). The molecule has 1 unspecified atom stereocenters. The highest BCUT2D eigenvalue weighted by molar-refractivity contribution is 5.92. The van der Waals surface area contributed by atoms with Gasteiger partial charge in [0.25, 0.3) is 5.91 Å². The van der Waals surface area contributed by atoms with Crippen molar-refractivity contribution in [1.82, 2.24) is 15.0 Å². The van der Waals surface area contributed by atoms with Gasteiger partial charge in [0.2, 0.25) is 0 Å². The maximum Gasteiger partial charge on any atom is 0.276 e. The zero-order valence-electron chi connectivity index (χ0n) is 14.3. The number of rotatable bonds is 7. The minimum atomic E-state index is -0.120. The number of carbonyl (C=O) groups excluding carboxylic acids is 1. The van der Waals surface area contributed by atoms with Gasteiger partial charge in [-0.2, -0.15) is 0 Å². The van der Waals surface area contributed by atoms with E-state index in [0.717, 1.165) is 30.6 Å². The van der Waals surface area contributed by atoms with E-state index in [0.29, 0.717) is 5.69 Å². The zero-order valence-corrected chi connectivity index (χ0v) is 14.3. The van der Waals surface area contributed by atoms with Crippen molar-refractivity contribution in [2.75, 3.05) is 7.05 Å². The fourth-order valence-corrected chi connectivity index (χ4v) is 2.54. The summed E-state index contributed by atoms with van der Waals surface area (Å²) in [5.74, 6) is 0.822. The third-order valence-corrected chi connectivity index (χ3v) is 4.00. The standard InChI is InChI=1S/C18H25N3O2/c1-5-6-9-16(14-8-7-10-19-12-14)21(4)18(22)15-11-17(13(2)3)23-20-15/h7-8,10-13,16H,5-6,9H2,1-4H3. The third-order valence-electron chi connectivity index (χ3n) is 4.00. The molecule has 0 saturated carbocycles. The smallest absolute Gasteiger partial charge is 0.276 e. The zero-order chi connectivity index (χ0) is 16.8. The number of unbranched alkanes of at least 4 members (excludes halogenated alkanes) is 1. The summed E-state index contributed by atoms with van der Waals surface area (Å²) >= 11 is 0. The number of hydrogen-bond acceptors (Lipinski definition) is 4. The number of hydrogen-bond donors (Lipinski definition) is 0. The number of amides is 1. The number of carbonyl (C=O) groups is 1. The molecule has 0 N–H and O–H groups in total. The summed E-state index contributed by atoms with van der Waals surface area (Å²) in [7, 11) is 1.82. The normalized spacial score (nSPS) is 12.4. The van der Waals surface area contributed by atoms with Crippen LogP contribution in [0.3, 0.4) is 0 Å². The summed E-state index contributed by atoms with van der Waals surface area (Å²) in [4.78, 5) is 18.7. The fourth-order valence-electron chi connectivity index (χ4n) is 2.54. The lowest BCUT2D eigenvalue weighted by atomic mass is 10.0. The molecular weight excluding hydrogens is 290 g/mol. The Bertz CT molecular complexity index is 622. The Labute approximate surface area is 137 Å². The van der Waals surface area contributed by atoms with Crippen molar-refractivity contribution in [3.8, 4) is 0 Å². The van der Waals surface area contributed by atoms with E-state index in [9.17, 15) is 4.79 Å². The Balaban J connectivity index is 2.21. The average molecular weight is 315 g/mol. The van der Waals surface area contributed by atoms with E-state index in [2.05, 4.69) is 17.1 Å². The summed E-state index contributed by atoms with van der Waals surface area (Å²) in [6.07, 6.45) is 6.61. The van der Waals surface area contributed by atoms with Crippen LogP contribution in [0, 0.1) is 0 Å². The van der Waals surface area contributed by atoms with Crippen LogP contribution in [-0.4, -0.2) is 28.0 Å². The second-order valence-corrected chi connectivity index (χ2v) is 6.13. The lowest BCUT2D eigenvalue weighted by Crippen LogP contribution is -2.31. The Morgan fingerprint density at radius 3 is 2.74 bits per heavy atom. The van der Waals surface area contributed by atoms with E-state index in [1.165, 1.54) is 0 Å². The van der Waals surface area contributed by atoms with E-state index in [1.54, 1.807) is 17.2 Å². The van der Waals surface area contributed by atoms with E-state index >= 15 is 0 Å². The Morgan fingerprint density at radius 1 is 1.39 bits per heavy atom. The molecule has 2 heterocycles. The molecule has 2 aromatic heterocycles. The summed E-state index contributed by atoms with van der Waals surface area (Å²) in [5.41, 5.74) is 1.41. The van der Waals surface area contributed by atoms with Gasteiger partial charge in [-0.05, 0) is 18.1 Å². The van der Waals surface area contributed by atoms with Crippen LogP contribution in [0.5, 0.6) is 0 Å². The first-order valence-corrected chi connectivity index (χ1v) is 8.18. The largest absolute Gasteiger partial charge is 0.360 e. The van der Waals surface area contributed by atoms with Gasteiger partial charge in [0.05, 0.1) is 6.04 Å². The van der Waals surface area contributed by atoms with Crippen LogP contribution in [0.15, 0.2) is 35.1 Å². The van der Waals surface area contributed by atoms with Crippen LogP contribution in [0.4, 0.5) is 0 Å². The van der Waals surface area contributed by atoms with Gasteiger partial charge < -0.3 is 9.42 Å². The first-order chi connectivity index (χ1) is 11.0. The molecule has 0 fully saturated rings. The van der Waals surface area contributed by atoms with Gasteiger partial charge in [-0.15, -0.1) is 0 Å². The van der Waals surface area contributed by atoms with Crippen molar-refractivity contribution >= 4 is 5.91 Å². The second-order valence-electron chi connectivity index (χ2n) is 6.13. The molecule has 0 aliphatic heterocycles. The predicted molar refractivity (Wildman–Crippen MR) is 89.2 cm³/mol.